The molecule has 1 aromatic heterocycles. The summed E-state index contributed by atoms with van der Waals surface area (Å²) in [5, 5.41) is 5.89. The van der Waals surface area contributed by atoms with E-state index in [2.05, 4.69) is 26.0 Å². The molecule has 0 radical (unpaired) electrons. The van der Waals surface area contributed by atoms with Crippen molar-refractivity contribution in [2.75, 3.05) is 24.4 Å². The Morgan fingerprint density at radius 3 is 2.57 bits per heavy atom. The van der Waals surface area contributed by atoms with Gasteiger partial charge in [0.25, 0.3) is 0 Å². The van der Waals surface area contributed by atoms with Crippen LogP contribution in [0.3, 0.4) is 0 Å². The summed E-state index contributed by atoms with van der Waals surface area (Å²) in [5.41, 5.74) is 2.46. The maximum absolute atomic E-state index is 11.9. The average Bonchev–Trinajstić information content (AvgIpc) is 2.44. The molecule has 8 heteroatoms. The number of nitrogens with zero attached hydrogens (tertiary/aromatic N) is 2. The minimum absolute atomic E-state index is 0.0853. The number of nitrogen functional groups attached to an aromatic ring is 1. The number of nitrogens with one attached hydrogen (secondary N) is 3. The highest BCUT2D eigenvalue weighted by Gasteiger charge is 2.14. The Bertz CT molecular complexity index is 466. The first-order valence-electron chi connectivity index (χ1n) is 6.84. The van der Waals surface area contributed by atoms with E-state index in [1.807, 2.05) is 13.8 Å². The van der Waals surface area contributed by atoms with Gasteiger partial charge in [-0.05, 0) is 12.8 Å². The molecule has 21 heavy (non-hydrogen) atoms. The lowest BCUT2D eigenvalue weighted by Crippen LogP contribution is -2.39. The molecule has 1 unspecified atom stereocenters. The van der Waals surface area contributed by atoms with Gasteiger partial charge in [-0.15, -0.1) is 0 Å². The second-order valence-corrected chi connectivity index (χ2v) is 5.14. The second kappa shape index (κ2) is 8.38. The van der Waals surface area contributed by atoms with Crippen molar-refractivity contribution in [3.8, 4) is 0 Å². The number of carbonyl (C=O) groups is 1. The number of nitrogens with two attached hydrogens (primary N) is 1. The number of amides is 1. The van der Waals surface area contributed by atoms with Crippen LogP contribution in [0.15, 0.2) is 6.07 Å². The Morgan fingerprint density at radius 1 is 1.33 bits per heavy atom. The van der Waals surface area contributed by atoms with Gasteiger partial charge in [-0.3, -0.25) is 4.79 Å². The molecule has 0 aliphatic heterocycles. The Balaban J connectivity index is 2.72. The summed E-state index contributed by atoms with van der Waals surface area (Å²) in [6, 6.07) is 1.21. The van der Waals surface area contributed by atoms with Crippen molar-refractivity contribution in [1.29, 1.82) is 0 Å². The van der Waals surface area contributed by atoms with E-state index in [9.17, 15) is 4.79 Å². The Labute approximate surface area is 124 Å². The molecule has 1 atom stereocenters. The summed E-state index contributed by atoms with van der Waals surface area (Å²) in [5.74, 6) is 7.13. The van der Waals surface area contributed by atoms with Gasteiger partial charge in [0.2, 0.25) is 5.91 Å². The van der Waals surface area contributed by atoms with Crippen LogP contribution in [0.2, 0.25) is 0 Å². The number of carbonyl (C=O) groups excluding carboxylic acids is 1. The first-order chi connectivity index (χ1) is 9.96. The van der Waals surface area contributed by atoms with Gasteiger partial charge >= 0.3 is 0 Å². The predicted molar refractivity (Wildman–Crippen MR) is 81.5 cm³/mol. The van der Waals surface area contributed by atoms with Gasteiger partial charge in [0.05, 0.1) is 0 Å². The summed E-state index contributed by atoms with van der Waals surface area (Å²) in [4.78, 5) is 20.3. The van der Waals surface area contributed by atoms with Gasteiger partial charge in [0, 0.05) is 19.7 Å². The Hall–Kier alpha value is -1.93. The fraction of sp³-hybridized carbons (Fsp3) is 0.615. The third-order valence-corrected chi connectivity index (χ3v) is 2.64. The molecule has 8 nitrogen and oxygen atoms in total. The van der Waals surface area contributed by atoms with Crippen LogP contribution in [0, 0.1) is 5.92 Å². The second-order valence-electron chi connectivity index (χ2n) is 5.14. The zero-order valence-electron chi connectivity index (χ0n) is 12.9. The highest BCUT2D eigenvalue weighted by molar-refractivity contribution is 5.83. The molecule has 1 heterocycles. The monoisotopic (exact) mass is 296 g/mol. The van der Waals surface area contributed by atoms with Crippen molar-refractivity contribution in [3.05, 3.63) is 11.9 Å². The van der Waals surface area contributed by atoms with E-state index in [0.29, 0.717) is 29.9 Å². The number of aromatic nitrogens is 2. The molecular weight excluding hydrogens is 272 g/mol. The number of anilines is 2. The zero-order chi connectivity index (χ0) is 15.8. The molecule has 0 bridgehead atoms. The fourth-order valence-corrected chi connectivity index (χ4v) is 1.58. The Morgan fingerprint density at radius 2 is 2.00 bits per heavy atom. The van der Waals surface area contributed by atoms with Gasteiger partial charge in [-0.25, -0.2) is 15.8 Å². The third kappa shape index (κ3) is 5.92. The number of hydrazine groups is 1. The number of hydrogen-bond acceptors (Lipinski definition) is 7. The van der Waals surface area contributed by atoms with Crippen molar-refractivity contribution in [2.45, 2.75) is 33.4 Å². The lowest BCUT2D eigenvalue weighted by molar-refractivity contribution is -0.121. The van der Waals surface area contributed by atoms with E-state index in [1.54, 1.807) is 20.1 Å². The van der Waals surface area contributed by atoms with Gasteiger partial charge in [-0.2, -0.15) is 0 Å². The highest BCUT2D eigenvalue weighted by atomic mass is 16.5. The average molecular weight is 296 g/mol. The summed E-state index contributed by atoms with van der Waals surface area (Å²) < 4.78 is 5.00. The van der Waals surface area contributed by atoms with Gasteiger partial charge in [0.1, 0.15) is 24.3 Å². The molecule has 0 fully saturated rings. The third-order valence-electron chi connectivity index (χ3n) is 2.64. The Kier molecular flexibility index (Phi) is 6.83. The molecule has 0 saturated heterocycles. The topological polar surface area (TPSA) is 114 Å². The summed E-state index contributed by atoms with van der Waals surface area (Å²) >= 11 is 0. The van der Waals surface area contributed by atoms with Crippen LogP contribution < -0.4 is 21.9 Å². The van der Waals surface area contributed by atoms with Crippen LogP contribution in [0.4, 0.5) is 11.6 Å². The van der Waals surface area contributed by atoms with Gasteiger partial charge in [0.15, 0.2) is 5.82 Å². The van der Waals surface area contributed by atoms with E-state index < -0.39 is 6.04 Å². The predicted octanol–water partition coefficient (Wildman–Crippen LogP) is 0.481. The van der Waals surface area contributed by atoms with Crippen molar-refractivity contribution < 1.29 is 9.53 Å². The molecule has 0 aliphatic rings. The van der Waals surface area contributed by atoms with E-state index in [0.717, 1.165) is 0 Å². The molecule has 0 aromatic carbocycles. The summed E-state index contributed by atoms with van der Waals surface area (Å²) in [6.07, 6.45) is 0. The van der Waals surface area contributed by atoms with Crippen LogP contribution in [0.5, 0.6) is 0 Å². The minimum atomic E-state index is -0.417. The lowest BCUT2D eigenvalue weighted by Gasteiger charge is -2.16. The molecule has 118 valence electrons. The number of ether oxygens (including phenoxy) is 1. The molecule has 0 aliphatic carbocycles. The number of hydrogen-bond donors (Lipinski definition) is 4. The molecule has 1 rings (SSSR count). The highest BCUT2D eigenvalue weighted by Crippen LogP contribution is 2.12. The van der Waals surface area contributed by atoms with Gasteiger partial charge < -0.3 is 20.8 Å². The fourth-order valence-electron chi connectivity index (χ4n) is 1.58. The largest absolute Gasteiger partial charge is 0.377 e. The van der Waals surface area contributed by atoms with Crippen molar-refractivity contribution in [2.24, 2.45) is 11.8 Å². The van der Waals surface area contributed by atoms with E-state index in [1.165, 1.54) is 0 Å². The number of methoxy groups -OCH3 is 1. The van der Waals surface area contributed by atoms with Crippen molar-refractivity contribution in [1.82, 2.24) is 15.3 Å². The molecule has 1 aromatic rings. The van der Waals surface area contributed by atoms with Crippen molar-refractivity contribution in [3.63, 3.8) is 0 Å². The van der Waals surface area contributed by atoms with Crippen LogP contribution in [-0.2, 0) is 16.1 Å². The van der Waals surface area contributed by atoms with Crippen LogP contribution in [0.25, 0.3) is 0 Å². The molecule has 0 spiro atoms. The van der Waals surface area contributed by atoms with Crippen LogP contribution >= 0.6 is 0 Å². The first kappa shape index (κ1) is 17.1. The van der Waals surface area contributed by atoms with E-state index in [4.69, 9.17) is 10.6 Å². The van der Waals surface area contributed by atoms with Crippen molar-refractivity contribution >= 4 is 17.5 Å². The van der Waals surface area contributed by atoms with Crippen LogP contribution in [0.1, 0.15) is 26.6 Å². The first-order valence-corrected chi connectivity index (χ1v) is 6.84. The van der Waals surface area contributed by atoms with E-state index in [-0.39, 0.29) is 12.5 Å². The minimum Gasteiger partial charge on any atom is -0.377 e. The smallest absolute Gasteiger partial charge is 0.242 e. The van der Waals surface area contributed by atoms with Crippen LogP contribution in [-0.4, -0.2) is 35.6 Å². The molecule has 5 N–H and O–H groups in total. The summed E-state index contributed by atoms with van der Waals surface area (Å²) in [7, 11) is 1.56. The lowest BCUT2D eigenvalue weighted by atomic mass is 10.2. The van der Waals surface area contributed by atoms with Gasteiger partial charge in [-0.1, -0.05) is 13.8 Å². The summed E-state index contributed by atoms with van der Waals surface area (Å²) in [6.45, 7) is 6.75. The normalized spacial score (nSPS) is 12.1. The molecule has 1 amide bonds. The molecular formula is C13H24N6O2. The SMILES string of the molecule is COCc1nc(NN)cc(NC(C)C(=O)NCC(C)C)n1. The maximum atomic E-state index is 11.9. The number of rotatable bonds is 8. The molecule has 0 saturated carbocycles. The zero-order valence-corrected chi connectivity index (χ0v) is 12.9. The maximum Gasteiger partial charge on any atom is 0.242 e. The quantitative estimate of drug-likeness (QED) is 0.407. The standard InChI is InChI=1S/C13H24N6O2/c1-8(2)6-15-13(20)9(3)16-10-5-11(19-14)18-12(17-10)7-21-4/h5,8-9H,6-7,14H2,1-4H3,(H,15,20)(H2,16,17,18,19). The van der Waals surface area contributed by atoms with E-state index >= 15 is 0 Å².